The summed E-state index contributed by atoms with van der Waals surface area (Å²) >= 11 is 6.46. The van der Waals surface area contributed by atoms with Gasteiger partial charge in [-0.1, -0.05) is 66.4 Å². The highest BCUT2D eigenvalue weighted by Crippen LogP contribution is 2.37. The number of nitrogens with zero attached hydrogens (tertiary/aromatic N) is 1. The molecular weight excluding hydrogens is 445 g/mol. The van der Waals surface area contributed by atoms with Crippen molar-refractivity contribution >= 4 is 46.0 Å². The fourth-order valence-corrected chi connectivity index (χ4v) is 4.36. The molecule has 1 aliphatic heterocycles. The van der Waals surface area contributed by atoms with Crippen molar-refractivity contribution in [2.75, 3.05) is 18.1 Å². The van der Waals surface area contributed by atoms with E-state index in [4.69, 9.17) is 21.7 Å². The molecule has 0 unspecified atom stereocenters. The molecule has 4 rings (SSSR count). The Balaban J connectivity index is 1.31. The molecule has 0 radical (unpaired) electrons. The number of benzene rings is 3. The number of ether oxygens (including phenoxy) is 2. The maximum absolute atomic E-state index is 14.1. The number of carbonyl (C=O) groups excluding carboxylic acids is 1. The summed E-state index contributed by atoms with van der Waals surface area (Å²) in [5, 5.41) is 0. The third-order valence-corrected chi connectivity index (χ3v) is 5.94. The third kappa shape index (κ3) is 5.36. The maximum Gasteiger partial charge on any atom is 0.270 e. The van der Waals surface area contributed by atoms with Crippen LogP contribution in [0.4, 0.5) is 10.1 Å². The number of amides is 1. The van der Waals surface area contributed by atoms with Crippen LogP contribution in [0.2, 0.25) is 0 Å². The summed E-state index contributed by atoms with van der Waals surface area (Å²) in [5.41, 5.74) is 0.997. The van der Waals surface area contributed by atoms with Crippen LogP contribution in [0.3, 0.4) is 0 Å². The minimum Gasteiger partial charge on any atom is -0.493 e. The highest BCUT2D eigenvalue weighted by Gasteiger charge is 2.34. The van der Waals surface area contributed by atoms with Crippen molar-refractivity contribution in [3.63, 3.8) is 0 Å². The quantitative estimate of drug-likeness (QED) is 0.229. The normalized spacial score (nSPS) is 14.8. The van der Waals surface area contributed by atoms with Gasteiger partial charge in [0.05, 0.1) is 23.8 Å². The van der Waals surface area contributed by atoms with E-state index in [9.17, 15) is 9.18 Å². The molecule has 3 aromatic rings. The topological polar surface area (TPSA) is 38.8 Å². The van der Waals surface area contributed by atoms with Crippen LogP contribution < -0.4 is 14.4 Å². The summed E-state index contributed by atoms with van der Waals surface area (Å²) in [7, 11) is 0. The minimum absolute atomic E-state index is 0.165. The summed E-state index contributed by atoms with van der Waals surface area (Å²) in [6, 6.07) is 23.2. The van der Waals surface area contributed by atoms with Crippen LogP contribution in [0, 0.1) is 5.82 Å². The molecule has 0 atom stereocenters. The smallest absolute Gasteiger partial charge is 0.270 e. The summed E-state index contributed by atoms with van der Waals surface area (Å²) in [6.07, 6.45) is 2.51. The van der Waals surface area contributed by atoms with Crippen molar-refractivity contribution in [2.45, 2.75) is 6.42 Å². The SMILES string of the molecule is O=C1/C(=C/c2ccc(OCCCOc3ccccc3)cc2)SC(=S)N1c1ccccc1F. The number of carbonyl (C=O) groups is 1. The van der Waals surface area contributed by atoms with Gasteiger partial charge < -0.3 is 9.47 Å². The largest absolute Gasteiger partial charge is 0.493 e. The molecule has 0 aromatic heterocycles. The second kappa shape index (κ2) is 10.4. The molecule has 0 saturated carbocycles. The molecule has 0 bridgehead atoms. The molecule has 0 spiro atoms. The Hall–Kier alpha value is -3.16. The first-order valence-electron chi connectivity index (χ1n) is 10.0. The minimum atomic E-state index is -0.485. The van der Waals surface area contributed by atoms with E-state index in [1.165, 1.54) is 11.0 Å². The Morgan fingerprint density at radius 3 is 2.19 bits per heavy atom. The first kappa shape index (κ1) is 22.0. The van der Waals surface area contributed by atoms with Gasteiger partial charge in [0.25, 0.3) is 5.91 Å². The van der Waals surface area contributed by atoms with Crippen LogP contribution in [-0.2, 0) is 4.79 Å². The second-order valence-electron chi connectivity index (χ2n) is 6.90. The van der Waals surface area contributed by atoms with Crippen LogP contribution >= 0.6 is 24.0 Å². The van der Waals surface area contributed by atoms with E-state index in [-0.39, 0.29) is 11.6 Å². The maximum atomic E-state index is 14.1. The molecule has 1 fully saturated rings. The van der Waals surface area contributed by atoms with Crippen LogP contribution in [0.25, 0.3) is 6.08 Å². The Kier molecular flexibility index (Phi) is 7.19. The van der Waals surface area contributed by atoms with Gasteiger partial charge in [0, 0.05) is 6.42 Å². The standard InChI is InChI=1S/C25H20FNO3S2/c26-21-9-4-5-10-22(21)27-24(28)23(32-25(27)31)17-18-11-13-20(14-12-18)30-16-6-15-29-19-7-2-1-3-8-19/h1-5,7-14,17H,6,15-16H2/b23-17-. The molecule has 1 amide bonds. The molecule has 32 heavy (non-hydrogen) atoms. The lowest BCUT2D eigenvalue weighted by molar-refractivity contribution is -0.113. The Morgan fingerprint density at radius 2 is 1.50 bits per heavy atom. The Labute approximate surface area is 195 Å². The fourth-order valence-electron chi connectivity index (χ4n) is 3.08. The summed E-state index contributed by atoms with van der Waals surface area (Å²) < 4.78 is 25.8. The van der Waals surface area contributed by atoms with E-state index in [0.29, 0.717) is 22.4 Å². The lowest BCUT2D eigenvalue weighted by atomic mass is 10.2. The molecule has 7 heteroatoms. The first-order chi connectivity index (χ1) is 15.6. The van der Waals surface area contributed by atoms with Crippen molar-refractivity contribution in [2.24, 2.45) is 0 Å². The van der Waals surface area contributed by atoms with Crippen molar-refractivity contribution in [3.05, 3.63) is 95.1 Å². The van der Waals surface area contributed by atoms with E-state index in [2.05, 4.69) is 0 Å². The highest BCUT2D eigenvalue weighted by molar-refractivity contribution is 8.27. The van der Waals surface area contributed by atoms with Crippen molar-refractivity contribution in [1.82, 2.24) is 0 Å². The summed E-state index contributed by atoms with van der Waals surface area (Å²) in [5.74, 6) is 0.766. The predicted octanol–water partition coefficient (Wildman–Crippen LogP) is 6.08. The molecule has 3 aromatic carbocycles. The monoisotopic (exact) mass is 465 g/mol. The average molecular weight is 466 g/mol. The van der Waals surface area contributed by atoms with E-state index in [1.807, 2.05) is 54.6 Å². The molecule has 4 nitrogen and oxygen atoms in total. The van der Waals surface area contributed by atoms with Crippen molar-refractivity contribution in [1.29, 1.82) is 0 Å². The number of rotatable bonds is 8. The number of thiocarbonyl (C=S) groups is 1. The number of hydrogen-bond donors (Lipinski definition) is 0. The van der Waals surface area contributed by atoms with Gasteiger partial charge in [-0.2, -0.15) is 0 Å². The van der Waals surface area contributed by atoms with Crippen LogP contribution in [0.15, 0.2) is 83.8 Å². The Bertz CT molecular complexity index is 1130. The lowest BCUT2D eigenvalue weighted by Gasteiger charge is -2.14. The van der Waals surface area contributed by atoms with Gasteiger partial charge in [0.2, 0.25) is 0 Å². The molecule has 0 aliphatic carbocycles. The number of halogens is 1. The first-order valence-corrected chi connectivity index (χ1v) is 11.3. The van der Waals surface area contributed by atoms with Gasteiger partial charge in [-0.25, -0.2) is 4.39 Å². The van der Waals surface area contributed by atoms with Gasteiger partial charge in [-0.15, -0.1) is 0 Å². The molecule has 1 heterocycles. The van der Waals surface area contributed by atoms with Crippen molar-refractivity contribution < 1.29 is 18.7 Å². The number of hydrogen-bond acceptors (Lipinski definition) is 5. The number of para-hydroxylation sites is 2. The summed E-state index contributed by atoms with van der Waals surface area (Å²) in [4.78, 5) is 14.5. The lowest BCUT2D eigenvalue weighted by Crippen LogP contribution is -2.28. The van der Waals surface area contributed by atoms with Gasteiger partial charge in [-0.05, 0) is 48.0 Å². The van der Waals surface area contributed by atoms with E-state index >= 15 is 0 Å². The highest BCUT2D eigenvalue weighted by atomic mass is 32.2. The fraction of sp³-hybridized carbons (Fsp3) is 0.120. The molecule has 1 aliphatic rings. The van der Waals surface area contributed by atoms with Crippen LogP contribution in [-0.4, -0.2) is 23.4 Å². The van der Waals surface area contributed by atoms with E-state index in [0.717, 1.165) is 35.2 Å². The number of anilines is 1. The Morgan fingerprint density at radius 1 is 0.875 bits per heavy atom. The van der Waals surface area contributed by atoms with Gasteiger partial charge in [-0.3, -0.25) is 9.69 Å². The van der Waals surface area contributed by atoms with Crippen LogP contribution in [0.1, 0.15) is 12.0 Å². The van der Waals surface area contributed by atoms with Gasteiger partial charge in [0.1, 0.15) is 17.3 Å². The molecule has 0 N–H and O–H groups in total. The van der Waals surface area contributed by atoms with E-state index in [1.54, 1.807) is 24.3 Å². The predicted molar refractivity (Wildman–Crippen MR) is 131 cm³/mol. The van der Waals surface area contributed by atoms with Gasteiger partial charge >= 0.3 is 0 Å². The zero-order chi connectivity index (χ0) is 22.3. The van der Waals surface area contributed by atoms with Crippen LogP contribution in [0.5, 0.6) is 11.5 Å². The number of thioether (sulfide) groups is 1. The molecule has 162 valence electrons. The zero-order valence-corrected chi connectivity index (χ0v) is 18.7. The molecule has 1 saturated heterocycles. The average Bonchev–Trinajstić information content (AvgIpc) is 3.08. The van der Waals surface area contributed by atoms with E-state index < -0.39 is 5.82 Å². The van der Waals surface area contributed by atoms with Crippen molar-refractivity contribution in [3.8, 4) is 11.5 Å². The molecular formula is C25H20FNO3S2. The second-order valence-corrected chi connectivity index (χ2v) is 8.58. The summed E-state index contributed by atoms with van der Waals surface area (Å²) in [6.45, 7) is 1.11. The van der Waals surface area contributed by atoms with Gasteiger partial charge in [0.15, 0.2) is 4.32 Å². The zero-order valence-electron chi connectivity index (χ0n) is 17.1. The third-order valence-electron chi connectivity index (χ3n) is 4.63.